The van der Waals surface area contributed by atoms with Gasteiger partial charge < -0.3 is 10.6 Å². The molecule has 1 atom stereocenters. The van der Waals surface area contributed by atoms with E-state index < -0.39 is 0 Å². The molecule has 104 valence electrons. The fourth-order valence-electron chi connectivity index (χ4n) is 1.68. The van der Waals surface area contributed by atoms with Gasteiger partial charge >= 0.3 is 0 Å². The van der Waals surface area contributed by atoms with E-state index in [1.807, 2.05) is 6.07 Å². The monoisotopic (exact) mass is 289 g/mol. The van der Waals surface area contributed by atoms with Crippen molar-refractivity contribution in [3.8, 4) is 0 Å². The Morgan fingerprint density at radius 2 is 2.05 bits per heavy atom. The molecular weight excluding hydrogens is 274 g/mol. The van der Waals surface area contributed by atoms with Gasteiger partial charge in [-0.2, -0.15) is 0 Å². The molecule has 0 aliphatic rings. The molecule has 1 aromatic carbocycles. The molecule has 0 spiro atoms. The van der Waals surface area contributed by atoms with Crippen LogP contribution in [-0.2, 0) is 4.79 Å². The Balaban J connectivity index is 1.81. The Morgan fingerprint density at radius 1 is 1.30 bits per heavy atom. The average molecular weight is 289 g/mol. The Kier molecular flexibility index (Phi) is 4.84. The highest BCUT2D eigenvalue weighted by Crippen LogP contribution is 2.10. The van der Waals surface area contributed by atoms with Crippen molar-refractivity contribution in [2.45, 2.75) is 19.4 Å². The Morgan fingerprint density at radius 3 is 2.70 bits per heavy atom. The molecule has 1 unspecified atom stereocenters. The highest BCUT2D eigenvalue weighted by atomic mass is 32.1. The van der Waals surface area contributed by atoms with Gasteiger partial charge in [0.05, 0.1) is 0 Å². The minimum absolute atomic E-state index is 0.166. The van der Waals surface area contributed by atoms with Gasteiger partial charge in [-0.1, -0.05) is 18.2 Å². The third kappa shape index (κ3) is 4.17. The second-order valence-corrected chi connectivity index (χ2v) is 5.22. The number of nitrogens with one attached hydrogen (secondary N) is 2. The first-order valence-corrected chi connectivity index (χ1v) is 7.08. The summed E-state index contributed by atoms with van der Waals surface area (Å²) in [7, 11) is 0. The summed E-state index contributed by atoms with van der Waals surface area (Å²) >= 11 is 1.36. The minimum atomic E-state index is -0.248. The first-order chi connectivity index (χ1) is 9.65. The van der Waals surface area contributed by atoms with Gasteiger partial charge in [0.25, 0.3) is 5.91 Å². The Hall–Kier alpha value is -2.21. The highest BCUT2D eigenvalue weighted by Gasteiger charge is 2.13. The maximum absolute atomic E-state index is 11.9. The van der Waals surface area contributed by atoms with Gasteiger partial charge in [0.15, 0.2) is 5.13 Å². The largest absolute Gasteiger partial charge is 0.349 e. The normalized spacial score (nSPS) is 11.7. The lowest BCUT2D eigenvalue weighted by Crippen LogP contribution is -2.35. The van der Waals surface area contributed by atoms with Gasteiger partial charge in [0, 0.05) is 29.6 Å². The smallest absolute Gasteiger partial charge is 0.251 e. The van der Waals surface area contributed by atoms with E-state index in [9.17, 15) is 9.59 Å². The Labute approximate surface area is 121 Å². The van der Waals surface area contributed by atoms with Crippen LogP contribution in [0.3, 0.4) is 0 Å². The molecule has 2 rings (SSSR count). The van der Waals surface area contributed by atoms with Crippen molar-refractivity contribution in [1.29, 1.82) is 0 Å². The first-order valence-electron chi connectivity index (χ1n) is 6.20. The third-order valence-corrected chi connectivity index (χ3v) is 3.27. The predicted octanol–water partition coefficient (Wildman–Crippen LogP) is 2.29. The zero-order valence-electron chi connectivity index (χ0n) is 11.0. The van der Waals surface area contributed by atoms with E-state index in [2.05, 4.69) is 15.6 Å². The van der Waals surface area contributed by atoms with Crippen LogP contribution in [0.4, 0.5) is 5.13 Å². The number of hydrogen-bond donors (Lipinski definition) is 2. The van der Waals surface area contributed by atoms with Gasteiger partial charge in [-0.15, -0.1) is 11.3 Å². The van der Waals surface area contributed by atoms with Crippen molar-refractivity contribution in [3.05, 3.63) is 47.5 Å². The lowest BCUT2D eigenvalue weighted by Gasteiger charge is -2.13. The van der Waals surface area contributed by atoms with E-state index >= 15 is 0 Å². The van der Waals surface area contributed by atoms with Gasteiger partial charge in [0.2, 0.25) is 5.91 Å². The van der Waals surface area contributed by atoms with Gasteiger partial charge in [-0.05, 0) is 19.1 Å². The summed E-state index contributed by atoms with van der Waals surface area (Å²) in [5.41, 5.74) is 0.583. The van der Waals surface area contributed by atoms with E-state index in [1.165, 1.54) is 11.3 Å². The van der Waals surface area contributed by atoms with Crippen molar-refractivity contribution in [2.24, 2.45) is 0 Å². The van der Waals surface area contributed by atoms with Gasteiger partial charge in [-0.3, -0.25) is 9.59 Å². The summed E-state index contributed by atoms with van der Waals surface area (Å²) in [5.74, 6) is -0.346. The van der Waals surface area contributed by atoms with Crippen LogP contribution in [0.5, 0.6) is 0 Å². The highest BCUT2D eigenvalue weighted by molar-refractivity contribution is 7.13. The molecule has 0 bridgehead atoms. The number of rotatable bonds is 5. The molecule has 0 aliphatic heterocycles. The summed E-state index contributed by atoms with van der Waals surface area (Å²) < 4.78 is 0. The molecule has 2 N–H and O–H groups in total. The number of carbonyl (C=O) groups is 2. The third-order valence-electron chi connectivity index (χ3n) is 2.58. The maximum Gasteiger partial charge on any atom is 0.251 e. The second-order valence-electron chi connectivity index (χ2n) is 4.33. The molecule has 0 radical (unpaired) electrons. The van der Waals surface area contributed by atoms with Crippen LogP contribution >= 0.6 is 11.3 Å². The SMILES string of the molecule is CC(CC(=O)Nc1nccs1)NC(=O)c1ccccc1. The fourth-order valence-corrected chi connectivity index (χ4v) is 2.23. The second kappa shape index (κ2) is 6.81. The predicted molar refractivity (Wildman–Crippen MR) is 78.7 cm³/mol. The summed E-state index contributed by atoms with van der Waals surface area (Å²) in [5, 5.41) is 7.83. The molecule has 5 nitrogen and oxygen atoms in total. The molecule has 2 aromatic rings. The maximum atomic E-state index is 11.9. The summed E-state index contributed by atoms with van der Waals surface area (Å²) in [6, 6.07) is 8.67. The van der Waals surface area contributed by atoms with Crippen LogP contribution in [0.2, 0.25) is 0 Å². The number of amides is 2. The van der Waals surface area contributed by atoms with Crippen LogP contribution < -0.4 is 10.6 Å². The first kappa shape index (κ1) is 14.2. The molecule has 0 fully saturated rings. The molecule has 6 heteroatoms. The lowest BCUT2D eigenvalue weighted by atomic mass is 10.1. The molecule has 0 aliphatic carbocycles. The molecule has 1 aromatic heterocycles. The molecule has 0 saturated carbocycles. The van der Waals surface area contributed by atoms with Crippen molar-refractivity contribution in [1.82, 2.24) is 10.3 Å². The van der Waals surface area contributed by atoms with E-state index in [-0.39, 0.29) is 24.3 Å². The molecule has 1 heterocycles. The number of carbonyl (C=O) groups excluding carboxylic acids is 2. The summed E-state index contributed by atoms with van der Waals surface area (Å²) in [4.78, 5) is 27.6. The summed E-state index contributed by atoms with van der Waals surface area (Å²) in [6.45, 7) is 1.79. The van der Waals surface area contributed by atoms with Crippen molar-refractivity contribution in [3.63, 3.8) is 0 Å². The zero-order chi connectivity index (χ0) is 14.4. The van der Waals surface area contributed by atoms with E-state index in [1.54, 1.807) is 42.8 Å². The standard InChI is InChI=1S/C14H15N3O2S/c1-10(9-12(18)17-14-15-7-8-20-14)16-13(19)11-5-3-2-4-6-11/h2-8,10H,9H2,1H3,(H,16,19)(H,15,17,18). The van der Waals surface area contributed by atoms with Crippen LogP contribution in [-0.4, -0.2) is 22.8 Å². The van der Waals surface area contributed by atoms with Gasteiger partial charge in [-0.25, -0.2) is 4.98 Å². The fraction of sp³-hybridized carbons (Fsp3) is 0.214. The number of thiazole rings is 1. The van der Waals surface area contributed by atoms with Gasteiger partial charge in [0.1, 0.15) is 0 Å². The number of aromatic nitrogens is 1. The number of nitrogens with zero attached hydrogens (tertiary/aromatic N) is 1. The van der Waals surface area contributed by atoms with Crippen molar-refractivity contribution in [2.75, 3.05) is 5.32 Å². The summed E-state index contributed by atoms with van der Waals surface area (Å²) in [6.07, 6.45) is 1.83. The van der Waals surface area contributed by atoms with Crippen LogP contribution in [0, 0.1) is 0 Å². The quantitative estimate of drug-likeness (QED) is 0.887. The number of benzene rings is 1. The van der Waals surface area contributed by atoms with Crippen LogP contribution in [0.1, 0.15) is 23.7 Å². The number of anilines is 1. The van der Waals surface area contributed by atoms with Crippen molar-refractivity contribution >= 4 is 28.3 Å². The van der Waals surface area contributed by atoms with Crippen molar-refractivity contribution < 1.29 is 9.59 Å². The van der Waals surface area contributed by atoms with E-state index in [0.29, 0.717) is 10.7 Å². The van der Waals surface area contributed by atoms with Crippen LogP contribution in [0.25, 0.3) is 0 Å². The van der Waals surface area contributed by atoms with Crippen LogP contribution in [0.15, 0.2) is 41.9 Å². The zero-order valence-corrected chi connectivity index (χ0v) is 11.8. The van der Waals surface area contributed by atoms with E-state index in [4.69, 9.17) is 0 Å². The topological polar surface area (TPSA) is 71.1 Å². The molecular formula is C14H15N3O2S. The van der Waals surface area contributed by atoms with E-state index in [0.717, 1.165) is 0 Å². The lowest BCUT2D eigenvalue weighted by molar-refractivity contribution is -0.116. The molecule has 20 heavy (non-hydrogen) atoms. The molecule has 2 amide bonds. The number of hydrogen-bond acceptors (Lipinski definition) is 4. The molecule has 0 saturated heterocycles. The Bertz CT molecular complexity index is 569. The average Bonchev–Trinajstić information content (AvgIpc) is 2.92. The minimum Gasteiger partial charge on any atom is -0.349 e.